The van der Waals surface area contributed by atoms with Gasteiger partial charge in [0.15, 0.2) is 5.96 Å². The van der Waals surface area contributed by atoms with E-state index >= 15 is 4.79 Å². The van der Waals surface area contributed by atoms with E-state index < -0.39 is 144 Å². The molecule has 2 saturated heterocycles. The molecule has 5 aromatic rings. The molecule has 12 amide bonds. The predicted molar refractivity (Wildman–Crippen MR) is 392 cm³/mol. The number of nitrogens with one attached hydrogen (secondary N) is 9. The molecule has 0 bridgehead atoms. The summed E-state index contributed by atoms with van der Waals surface area (Å²) < 4.78 is 5.51. The molecule has 18 N–H and O–H groups in total. The maximum Gasteiger partial charge on any atom is 0.245 e. The van der Waals surface area contributed by atoms with Crippen LogP contribution >= 0.6 is 11.6 Å². The standard InChI is InChI=1S/C74H97ClN16O14/c1-43(2)35-55(65(96)83-54(19-11-29-80-74(78)79)73(104)91-30-12-20-62(91)72(103)81-44(3)64(77)95)84-66(97)57(37-47-21-23-49(24-22-47)41-90-31-33-105-34-32-90)87-70(101)60(40-63(76)94)88-71(102)61(42-92)89-68(99)56(36-46-13-6-5-7-14-46)85-67(98)58(38-48-25-27-52(75)28-26-48)86-69(100)59(82-45(4)93)39-51-17-10-16-50-15-8-9-18-53(50)51/h5-10,13-18,21-28,43-44,54-62,92H,11-12,19-20,29-42H2,1-4H3,(H2,76,94)(H2,77,95)(H,81,103)(H,82,93)(H,83,96)(H,84,97)(H,85,98)(H,86,100)(H,87,101)(H,88,102)(H,89,99)(H4,78,79,80)/t44-,54+,55+,56-,57-,58-,59-,60+,61+,62+/m1/s1. The minimum atomic E-state index is -1.89. The number of carbonyl (C=O) groups excluding carboxylic acids is 12. The summed E-state index contributed by atoms with van der Waals surface area (Å²) in [6, 6.07) is 20.9. The highest BCUT2D eigenvalue weighted by molar-refractivity contribution is 6.30. The fraction of sp³-hybridized carbons (Fsp3) is 0.446. The van der Waals surface area contributed by atoms with Crippen molar-refractivity contribution in [2.24, 2.45) is 33.8 Å². The van der Waals surface area contributed by atoms with Crippen LogP contribution in [-0.2, 0) is 94.5 Å². The number of aliphatic hydroxyl groups excluding tert-OH is 1. The molecule has 31 heteroatoms. The van der Waals surface area contributed by atoms with E-state index in [1.165, 1.54) is 18.7 Å². The molecule has 2 fully saturated rings. The first-order valence-electron chi connectivity index (χ1n) is 35.0. The van der Waals surface area contributed by atoms with Crippen LogP contribution < -0.4 is 70.8 Å². The van der Waals surface area contributed by atoms with Crippen molar-refractivity contribution in [2.75, 3.05) is 46.0 Å². The number of amides is 12. The van der Waals surface area contributed by atoms with E-state index in [1.807, 2.05) is 54.6 Å². The van der Waals surface area contributed by atoms with Gasteiger partial charge in [0, 0.05) is 70.4 Å². The zero-order chi connectivity index (χ0) is 76.3. The van der Waals surface area contributed by atoms with Gasteiger partial charge >= 0.3 is 0 Å². The van der Waals surface area contributed by atoms with Gasteiger partial charge < -0.3 is 85.5 Å². The number of carbonyl (C=O) groups is 12. The maximum atomic E-state index is 15.0. The largest absolute Gasteiger partial charge is 0.394 e. The first kappa shape index (κ1) is 81.7. The average Bonchev–Trinajstić information content (AvgIpc) is 1.71. The van der Waals surface area contributed by atoms with Crippen LogP contribution in [0.1, 0.15) is 94.0 Å². The number of fused-ring (bicyclic) bond motifs is 1. The van der Waals surface area contributed by atoms with Crippen molar-refractivity contribution in [3.8, 4) is 0 Å². The quantitative estimate of drug-likeness (QED) is 0.0134. The van der Waals surface area contributed by atoms with Gasteiger partial charge in [0.05, 0.1) is 26.2 Å². The Kier molecular flexibility index (Phi) is 31.5. The lowest BCUT2D eigenvalue weighted by molar-refractivity contribution is -0.142. The molecule has 105 heavy (non-hydrogen) atoms. The second-order valence-corrected chi connectivity index (χ2v) is 27.1. The van der Waals surface area contributed by atoms with Crippen LogP contribution in [0.25, 0.3) is 10.8 Å². The predicted octanol–water partition coefficient (Wildman–Crippen LogP) is -0.557. The topological polar surface area (TPSA) is 465 Å². The van der Waals surface area contributed by atoms with Gasteiger partial charge in [-0.25, -0.2) is 0 Å². The second-order valence-electron chi connectivity index (χ2n) is 26.7. The molecular weight excluding hydrogens is 1370 g/mol. The van der Waals surface area contributed by atoms with Gasteiger partial charge in [-0.1, -0.05) is 135 Å². The first-order chi connectivity index (χ1) is 50.1. The Bertz CT molecular complexity index is 3870. The summed E-state index contributed by atoms with van der Waals surface area (Å²) >= 11 is 6.24. The van der Waals surface area contributed by atoms with Gasteiger partial charge in [0.1, 0.15) is 60.4 Å². The van der Waals surface area contributed by atoms with E-state index in [0.29, 0.717) is 61.0 Å². The molecule has 0 radical (unpaired) electrons. The Balaban J connectivity index is 1.13. The van der Waals surface area contributed by atoms with Crippen LogP contribution in [0, 0.1) is 5.92 Å². The number of hydrogen-bond donors (Lipinski definition) is 14. The molecule has 0 unspecified atom stereocenters. The zero-order valence-electron chi connectivity index (χ0n) is 59.4. The SMILES string of the molecule is CC(=O)N[C@H](Cc1cccc2ccccc12)C(=O)N[C@H](Cc1ccc(Cl)cc1)C(=O)N[C@H](Cc1ccccc1)C(=O)N[C@@H](CO)C(=O)N[C@@H](CC(N)=O)C(=O)N[C@H](Cc1ccc(CN2CCOCC2)cc1)C(=O)N[C@@H](CC(C)C)C(=O)N[C@@H](CCCN=C(N)N)C(=O)N1CCC[C@H]1C(=O)N[C@H](C)C(N)=O. The number of nitrogens with zero attached hydrogens (tertiary/aromatic N) is 3. The monoisotopic (exact) mass is 1470 g/mol. The van der Waals surface area contributed by atoms with Gasteiger partial charge in [-0.05, 0) is 95.7 Å². The van der Waals surface area contributed by atoms with Gasteiger partial charge in [0.2, 0.25) is 70.9 Å². The lowest BCUT2D eigenvalue weighted by Crippen LogP contribution is -2.62. The summed E-state index contributed by atoms with van der Waals surface area (Å²) in [6.07, 6.45) is -0.658. The number of rotatable bonds is 38. The fourth-order valence-electron chi connectivity index (χ4n) is 12.4. The van der Waals surface area contributed by atoms with Crippen LogP contribution in [0.3, 0.4) is 0 Å². The highest BCUT2D eigenvalue weighted by atomic mass is 35.5. The van der Waals surface area contributed by atoms with Crippen molar-refractivity contribution in [3.63, 3.8) is 0 Å². The number of aliphatic hydroxyl groups is 1. The van der Waals surface area contributed by atoms with E-state index in [4.69, 9.17) is 39.3 Å². The zero-order valence-corrected chi connectivity index (χ0v) is 60.2. The molecule has 2 aliphatic rings. The Hall–Kier alpha value is -10.6. The van der Waals surface area contributed by atoms with Crippen molar-refractivity contribution < 1.29 is 67.4 Å². The minimum absolute atomic E-state index is 0.0122. The lowest BCUT2D eigenvalue weighted by Gasteiger charge is -2.31. The third-order valence-corrected chi connectivity index (χ3v) is 18.1. The molecule has 0 saturated carbocycles. The maximum absolute atomic E-state index is 15.0. The summed E-state index contributed by atoms with van der Waals surface area (Å²) in [4.78, 5) is 176. The van der Waals surface area contributed by atoms with E-state index in [9.17, 15) is 57.8 Å². The first-order valence-corrected chi connectivity index (χ1v) is 35.4. The molecule has 10 atom stereocenters. The van der Waals surface area contributed by atoms with Crippen molar-refractivity contribution in [2.45, 2.75) is 159 Å². The summed E-state index contributed by atoms with van der Waals surface area (Å²) in [5, 5.41) is 36.7. The average molecular weight is 1470 g/mol. The lowest BCUT2D eigenvalue weighted by atomic mass is 9.97. The molecule has 7 rings (SSSR count). The number of ether oxygens (including phenoxy) is 1. The molecule has 30 nitrogen and oxygen atoms in total. The summed E-state index contributed by atoms with van der Waals surface area (Å²) in [6.45, 7) is 8.42. The second kappa shape index (κ2) is 40.5. The molecule has 2 aliphatic heterocycles. The number of nitrogens with two attached hydrogens (primary N) is 4. The number of guanidine groups is 1. The van der Waals surface area contributed by atoms with Gasteiger partial charge in [-0.3, -0.25) is 67.4 Å². The number of primary amides is 2. The summed E-state index contributed by atoms with van der Waals surface area (Å²) in [5.41, 5.74) is 25.5. The molecule has 0 aromatic heterocycles. The van der Waals surface area contributed by atoms with E-state index in [1.54, 1.807) is 80.6 Å². The van der Waals surface area contributed by atoms with Crippen LogP contribution in [0.15, 0.2) is 126 Å². The molecule has 0 spiro atoms. The van der Waals surface area contributed by atoms with Gasteiger partial charge in [-0.15, -0.1) is 0 Å². The van der Waals surface area contributed by atoms with Crippen LogP contribution in [0.5, 0.6) is 0 Å². The Labute approximate surface area is 614 Å². The van der Waals surface area contributed by atoms with Crippen LogP contribution in [0.4, 0.5) is 0 Å². The molecule has 5 aromatic carbocycles. The molecule has 0 aliphatic carbocycles. The number of benzene rings is 5. The van der Waals surface area contributed by atoms with Crippen molar-refractivity contribution >= 4 is 99.2 Å². The number of likely N-dealkylation sites (tertiary alicyclic amines) is 1. The van der Waals surface area contributed by atoms with Gasteiger partial charge in [0.25, 0.3) is 0 Å². The molecule has 2 heterocycles. The van der Waals surface area contributed by atoms with Crippen LogP contribution in [0.2, 0.25) is 5.02 Å². The van der Waals surface area contributed by atoms with E-state index in [0.717, 1.165) is 21.9 Å². The summed E-state index contributed by atoms with van der Waals surface area (Å²) in [5.74, 6) is -10.9. The van der Waals surface area contributed by atoms with Crippen LogP contribution in [-0.4, -0.2) is 198 Å². The third kappa shape index (κ3) is 26.0. The number of aliphatic imine (C=N–C) groups is 1. The summed E-state index contributed by atoms with van der Waals surface area (Å²) in [7, 11) is 0. The van der Waals surface area contributed by atoms with Crippen molar-refractivity contribution in [1.29, 1.82) is 0 Å². The third-order valence-electron chi connectivity index (χ3n) is 17.9. The molecule has 564 valence electrons. The fourth-order valence-corrected chi connectivity index (χ4v) is 12.5. The minimum Gasteiger partial charge on any atom is -0.394 e. The van der Waals surface area contributed by atoms with E-state index in [-0.39, 0.29) is 76.3 Å². The highest BCUT2D eigenvalue weighted by Crippen LogP contribution is 2.23. The highest BCUT2D eigenvalue weighted by Gasteiger charge is 2.41. The number of halogens is 1. The Morgan fingerprint density at radius 1 is 0.543 bits per heavy atom. The smallest absolute Gasteiger partial charge is 0.245 e. The van der Waals surface area contributed by atoms with E-state index in [2.05, 4.69) is 57.7 Å². The molecular formula is C74H97ClN16O14. The normalized spacial score (nSPS) is 16.2. The number of hydrogen-bond acceptors (Lipinski definition) is 16. The van der Waals surface area contributed by atoms with Gasteiger partial charge in [-0.2, -0.15) is 0 Å². The Morgan fingerprint density at radius 3 is 1.59 bits per heavy atom. The van der Waals surface area contributed by atoms with Crippen molar-refractivity contribution in [3.05, 3.63) is 154 Å². The Morgan fingerprint density at radius 2 is 1.03 bits per heavy atom. The van der Waals surface area contributed by atoms with Crippen molar-refractivity contribution in [1.82, 2.24) is 57.7 Å². The number of morpholine rings is 1.